The van der Waals surface area contributed by atoms with Crippen molar-refractivity contribution >= 4 is 0 Å². The first-order chi connectivity index (χ1) is 6.81. The number of hydrogen-bond acceptors (Lipinski definition) is 3. The number of hydrogen-bond donors (Lipinski definition) is 1. The van der Waals surface area contributed by atoms with E-state index in [1.54, 1.807) is 13.8 Å². The lowest BCUT2D eigenvalue weighted by Gasteiger charge is -2.23. The molecular formula is C12H26O3. The van der Waals surface area contributed by atoms with Gasteiger partial charge in [0.05, 0.1) is 6.10 Å². The summed E-state index contributed by atoms with van der Waals surface area (Å²) in [5.74, 6) is -0.437. The van der Waals surface area contributed by atoms with E-state index >= 15 is 0 Å². The van der Waals surface area contributed by atoms with Crippen molar-refractivity contribution in [1.82, 2.24) is 0 Å². The van der Waals surface area contributed by atoms with Crippen LogP contribution in [0.3, 0.4) is 0 Å². The summed E-state index contributed by atoms with van der Waals surface area (Å²) in [6.45, 7) is 11.1. The fourth-order valence-electron chi connectivity index (χ4n) is 1.34. The Morgan fingerprint density at radius 1 is 1.20 bits per heavy atom. The van der Waals surface area contributed by atoms with Crippen molar-refractivity contribution in [3.05, 3.63) is 0 Å². The third kappa shape index (κ3) is 11.8. The summed E-state index contributed by atoms with van der Waals surface area (Å²) in [4.78, 5) is 0. The van der Waals surface area contributed by atoms with Gasteiger partial charge in [0.15, 0.2) is 5.79 Å². The summed E-state index contributed by atoms with van der Waals surface area (Å²) in [5.41, 5.74) is 0. The summed E-state index contributed by atoms with van der Waals surface area (Å²) in [6.07, 6.45) is 1.97. The molecule has 1 N–H and O–H groups in total. The minimum atomic E-state index is -1.03. The quantitative estimate of drug-likeness (QED) is 0.502. The van der Waals surface area contributed by atoms with E-state index in [2.05, 4.69) is 13.8 Å². The van der Waals surface area contributed by atoms with Gasteiger partial charge >= 0.3 is 0 Å². The van der Waals surface area contributed by atoms with Crippen LogP contribution in [0.15, 0.2) is 0 Å². The highest BCUT2D eigenvalue weighted by molar-refractivity contribution is 4.56. The maximum Gasteiger partial charge on any atom is 0.160 e. The maximum absolute atomic E-state index is 9.41. The third-order valence-electron chi connectivity index (χ3n) is 1.84. The summed E-state index contributed by atoms with van der Waals surface area (Å²) < 4.78 is 10.8. The van der Waals surface area contributed by atoms with Crippen LogP contribution in [0.2, 0.25) is 0 Å². The monoisotopic (exact) mass is 218 g/mol. The second-order valence-electron chi connectivity index (χ2n) is 4.99. The first kappa shape index (κ1) is 14.9. The van der Waals surface area contributed by atoms with Gasteiger partial charge in [0, 0.05) is 13.2 Å². The zero-order valence-electron chi connectivity index (χ0n) is 10.7. The Kier molecular flexibility index (Phi) is 7.14. The molecule has 0 bridgehead atoms. The van der Waals surface area contributed by atoms with Gasteiger partial charge in [0.1, 0.15) is 0 Å². The SMILES string of the molecule is CC(C)COCCCC(C)OC(C)(C)O. The zero-order chi connectivity index (χ0) is 11.9. The fraction of sp³-hybridized carbons (Fsp3) is 1.00. The molecule has 92 valence electrons. The topological polar surface area (TPSA) is 38.7 Å². The lowest BCUT2D eigenvalue weighted by atomic mass is 10.2. The first-order valence-corrected chi connectivity index (χ1v) is 5.79. The lowest BCUT2D eigenvalue weighted by molar-refractivity contribution is -0.202. The molecule has 0 aliphatic heterocycles. The van der Waals surface area contributed by atoms with E-state index in [0.717, 1.165) is 26.1 Å². The van der Waals surface area contributed by atoms with Gasteiger partial charge in [-0.15, -0.1) is 0 Å². The van der Waals surface area contributed by atoms with Crippen molar-refractivity contribution < 1.29 is 14.6 Å². The molecule has 0 aromatic carbocycles. The van der Waals surface area contributed by atoms with Crippen LogP contribution in [0.5, 0.6) is 0 Å². The summed E-state index contributed by atoms with van der Waals surface area (Å²) in [7, 11) is 0. The zero-order valence-corrected chi connectivity index (χ0v) is 10.7. The average Bonchev–Trinajstić information content (AvgIpc) is 1.99. The molecule has 3 nitrogen and oxygen atoms in total. The van der Waals surface area contributed by atoms with Crippen molar-refractivity contribution in [3.8, 4) is 0 Å². The lowest BCUT2D eigenvalue weighted by Crippen LogP contribution is -2.28. The van der Waals surface area contributed by atoms with Crippen LogP contribution >= 0.6 is 0 Å². The fourth-order valence-corrected chi connectivity index (χ4v) is 1.34. The van der Waals surface area contributed by atoms with Crippen LogP contribution < -0.4 is 0 Å². The molecular weight excluding hydrogens is 192 g/mol. The van der Waals surface area contributed by atoms with Gasteiger partial charge < -0.3 is 14.6 Å². The molecule has 3 heteroatoms. The van der Waals surface area contributed by atoms with Crippen LogP contribution in [0.4, 0.5) is 0 Å². The molecule has 0 aliphatic carbocycles. The molecule has 0 fully saturated rings. The molecule has 1 atom stereocenters. The van der Waals surface area contributed by atoms with Gasteiger partial charge in [-0.25, -0.2) is 0 Å². The van der Waals surface area contributed by atoms with Crippen LogP contribution in [0.25, 0.3) is 0 Å². The molecule has 0 radical (unpaired) electrons. The molecule has 0 spiro atoms. The van der Waals surface area contributed by atoms with Crippen LogP contribution in [0, 0.1) is 5.92 Å². The largest absolute Gasteiger partial charge is 0.381 e. The van der Waals surface area contributed by atoms with E-state index in [0.29, 0.717) is 5.92 Å². The van der Waals surface area contributed by atoms with Gasteiger partial charge in [-0.05, 0) is 39.5 Å². The molecule has 0 heterocycles. The van der Waals surface area contributed by atoms with Crippen molar-refractivity contribution in [1.29, 1.82) is 0 Å². The third-order valence-corrected chi connectivity index (χ3v) is 1.84. The average molecular weight is 218 g/mol. The Morgan fingerprint density at radius 2 is 1.80 bits per heavy atom. The van der Waals surface area contributed by atoms with E-state index in [1.165, 1.54) is 0 Å². The van der Waals surface area contributed by atoms with Crippen molar-refractivity contribution in [2.75, 3.05) is 13.2 Å². The van der Waals surface area contributed by atoms with Crippen LogP contribution in [0.1, 0.15) is 47.5 Å². The minimum absolute atomic E-state index is 0.0765. The normalized spacial score (nSPS) is 14.6. The van der Waals surface area contributed by atoms with E-state index in [4.69, 9.17) is 9.47 Å². The Balaban J connectivity index is 3.36. The van der Waals surface area contributed by atoms with Crippen molar-refractivity contribution in [3.63, 3.8) is 0 Å². The van der Waals surface area contributed by atoms with Crippen LogP contribution in [-0.2, 0) is 9.47 Å². The molecule has 0 rings (SSSR count). The second-order valence-corrected chi connectivity index (χ2v) is 4.99. The molecule has 1 unspecified atom stereocenters. The summed E-state index contributed by atoms with van der Waals surface area (Å²) in [5, 5.41) is 9.41. The summed E-state index contributed by atoms with van der Waals surface area (Å²) in [6, 6.07) is 0. The Hall–Kier alpha value is -0.120. The highest BCUT2D eigenvalue weighted by Gasteiger charge is 2.16. The molecule has 15 heavy (non-hydrogen) atoms. The second kappa shape index (κ2) is 7.20. The summed E-state index contributed by atoms with van der Waals surface area (Å²) >= 11 is 0. The standard InChI is InChI=1S/C12H26O3/c1-10(2)9-14-8-6-7-11(3)15-12(4,5)13/h10-11,13H,6-9H2,1-5H3. The molecule has 0 aliphatic rings. The van der Waals surface area contributed by atoms with Crippen LogP contribution in [-0.4, -0.2) is 30.2 Å². The van der Waals surface area contributed by atoms with Crippen molar-refractivity contribution in [2.45, 2.75) is 59.4 Å². The minimum Gasteiger partial charge on any atom is -0.381 e. The predicted molar refractivity (Wildman–Crippen MR) is 61.7 cm³/mol. The van der Waals surface area contributed by atoms with E-state index in [9.17, 15) is 5.11 Å². The molecule has 0 aromatic heterocycles. The number of rotatable bonds is 8. The van der Waals surface area contributed by atoms with Crippen molar-refractivity contribution in [2.24, 2.45) is 5.92 Å². The highest BCUT2D eigenvalue weighted by Crippen LogP contribution is 2.11. The Bertz CT molecular complexity index is 149. The van der Waals surface area contributed by atoms with Gasteiger partial charge in [-0.3, -0.25) is 0 Å². The number of ether oxygens (including phenoxy) is 2. The van der Waals surface area contributed by atoms with Gasteiger partial charge in [0.2, 0.25) is 0 Å². The predicted octanol–water partition coefficient (Wildman–Crippen LogP) is 2.57. The highest BCUT2D eigenvalue weighted by atomic mass is 16.6. The molecule has 0 saturated carbocycles. The number of aliphatic hydroxyl groups is 1. The maximum atomic E-state index is 9.41. The Labute approximate surface area is 93.8 Å². The first-order valence-electron chi connectivity index (χ1n) is 5.79. The van der Waals surface area contributed by atoms with Gasteiger partial charge in [0.25, 0.3) is 0 Å². The molecule has 0 aromatic rings. The van der Waals surface area contributed by atoms with Gasteiger partial charge in [-0.1, -0.05) is 13.8 Å². The molecule has 0 amide bonds. The Morgan fingerprint density at radius 3 is 2.27 bits per heavy atom. The van der Waals surface area contributed by atoms with E-state index < -0.39 is 5.79 Å². The molecule has 0 saturated heterocycles. The van der Waals surface area contributed by atoms with E-state index in [-0.39, 0.29) is 6.10 Å². The van der Waals surface area contributed by atoms with Gasteiger partial charge in [-0.2, -0.15) is 0 Å². The van der Waals surface area contributed by atoms with E-state index in [1.807, 2.05) is 6.92 Å². The smallest absolute Gasteiger partial charge is 0.160 e.